The standard InChI is InChI=1S/C16H23NO4/c1-12-5-7-14(8-6-12)15(19)17(9-4-10-18)11-13(2)16(20)21-3/h5-8,13,18H,4,9-11H2,1-3H3. The highest BCUT2D eigenvalue weighted by Gasteiger charge is 2.22. The molecule has 1 N–H and O–H groups in total. The monoisotopic (exact) mass is 293 g/mol. The Labute approximate surface area is 125 Å². The lowest BCUT2D eigenvalue weighted by Gasteiger charge is -2.25. The van der Waals surface area contributed by atoms with E-state index < -0.39 is 5.92 Å². The highest BCUT2D eigenvalue weighted by molar-refractivity contribution is 5.94. The van der Waals surface area contributed by atoms with Gasteiger partial charge < -0.3 is 14.7 Å². The van der Waals surface area contributed by atoms with Gasteiger partial charge in [0.15, 0.2) is 0 Å². The fourth-order valence-corrected chi connectivity index (χ4v) is 2.02. The molecule has 1 atom stereocenters. The zero-order valence-corrected chi connectivity index (χ0v) is 12.8. The van der Waals surface area contributed by atoms with Crippen LogP contribution in [0, 0.1) is 12.8 Å². The molecule has 0 saturated carbocycles. The van der Waals surface area contributed by atoms with E-state index in [1.54, 1.807) is 24.0 Å². The Balaban J connectivity index is 2.82. The molecule has 0 heterocycles. The molecule has 0 aromatic heterocycles. The maximum Gasteiger partial charge on any atom is 0.310 e. The van der Waals surface area contributed by atoms with E-state index in [1.807, 2.05) is 19.1 Å². The molecule has 0 saturated heterocycles. The zero-order valence-electron chi connectivity index (χ0n) is 12.8. The van der Waals surface area contributed by atoms with E-state index in [0.717, 1.165) is 5.56 Å². The van der Waals surface area contributed by atoms with E-state index in [9.17, 15) is 9.59 Å². The van der Waals surface area contributed by atoms with E-state index in [-0.39, 0.29) is 25.0 Å². The fraction of sp³-hybridized carbons (Fsp3) is 0.500. The smallest absolute Gasteiger partial charge is 0.310 e. The number of carbonyl (C=O) groups excluding carboxylic acids is 2. The molecule has 116 valence electrons. The average molecular weight is 293 g/mol. The van der Waals surface area contributed by atoms with Crippen LogP contribution in [-0.2, 0) is 9.53 Å². The summed E-state index contributed by atoms with van der Waals surface area (Å²) in [6.45, 7) is 4.37. The summed E-state index contributed by atoms with van der Waals surface area (Å²) in [7, 11) is 1.33. The van der Waals surface area contributed by atoms with Gasteiger partial charge in [-0.2, -0.15) is 0 Å². The molecule has 0 bridgehead atoms. The van der Waals surface area contributed by atoms with Crippen molar-refractivity contribution < 1.29 is 19.4 Å². The Morgan fingerprint density at radius 2 is 1.90 bits per heavy atom. The first kappa shape index (κ1) is 17.2. The molecule has 1 rings (SSSR count). The summed E-state index contributed by atoms with van der Waals surface area (Å²) in [6, 6.07) is 7.29. The zero-order chi connectivity index (χ0) is 15.8. The molecule has 21 heavy (non-hydrogen) atoms. The quantitative estimate of drug-likeness (QED) is 0.776. The summed E-state index contributed by atoms with van der Waals surface area (Å²) in [5, 5.41) is 8.96. The lowest BCUT2D eigenvalue weighted by Crippen LogP contribution is -2.38. The number of carbonyl (C=O) groups is 2. The van der Waals surface area contributed by atoms with Crippen LogP contribution in [0.2, 0.25) is 0 Å². The van der Waals surface area contributed by atoms with Crippen LogP contribution in [0.1, 0.15) is 29.3 Å². The van der Waals surface area contributed by atoms with Crippen molar-refractivity contribution in [2.75, 3.05) is 26.8 Å². The van der Waals surface area contributed by atoms with Crippen molar-refractivity contribution in [2.24, 2.45) is 5.92 Å². The molecular weight excluding hydrogens is 270 g/mol. The first-order valence-electron chi connectivity index (χ1n) is 7.04. The number of aliphatic hydroxyl groups is 1. The van der Waals surface area contributed by atoms with Crippen molar-refractivity contribution in [2.45, 2.75) is 20.3 Å². The van der Waals surface area contributed by atoms with E-state index >= 15 is 0 Å². The van der Waals surface area contributed by atoms with Gasteiger partial charge in [0, 0.05) is 25.3 Å². The van der Waals surface area contributed by atoms with Gasteiger partial charge in [-0.25, -0.2) is 0 Å². The van der Waals surface area contributed by atoms with E-state index in [0.29, 0.717) is 18.5 Å². The second-order valence-electron chi connectivity index (χ2n) is 5.12. The number of aryl methyl sites for hydroxylation is 1. The first-order chi connectivity index (χ1) is 9.99. The van der Waals surface area contributed by atoms with Gasteiger partial charge in [0.1, 0.15) is 0 Å². The van der Waals surface area contributed by atoms with E-state index in [4.69, 9.17) is 9.84 Å². The Bertz CT molecular complexity index is 470. The van der Waals surface area contributed by atoms with Crippen molar-refractivity contribution in [1.82, 2.24) is 4.90 Å². The normalized spacial score (nSPS) is 11.8. The second kappa shape index (κ2) is 8.42. The number of hydrogen-bond acceptors (Lipinski definition) is 4. The molecule has 1 unspecified atom stereocenters. The molecule has 0 aliphatic heterocycles. The fourth-order valence-electron chi connectivity index (χ4n) is 2.02. The lowest BCUT2D eigenvalue weighted by atomic mass is 10.1. The number of methoxy groups -OCH3 is 1. The lowest BCUT2D eigenvalue weighted by molar-refractivity contribution is -0.145. The molecule has 0 spiro atoms. The predicted octanol–water partition coefficient (Wildman–Crippen LogP) is 1.63. The Morgan fingerprint density at radius 3 is 2.43 bits per heavy atom. The molecular formula is C16H23NO4. The third-order valence-electron chi connectivity index (χ3n) is 3.27. The number of benzene rings is 1. The van der Waals surface area contributed by atoms with Gasteiger partial charge in [0.05, 0.1) is 13.0 Å². The molecule has 1 amide bonds. The van der Waals surface area contributed by atoms with Crippen molar-refractivity contribution in [3.63, 3.8) is 0 Å². The number of hydrogen-bond donors (Lipinski definition) is 1. The SMILES string of the molecule is COC(=O)C(C)CN(CCCO)C(=O)c1ccc(C)cc1. The largest absolute Gasteiger partial charge is 0.469 e. The number of aliphatic hydroxyl groups excluding tert-OH is 1. The van der Waals surface area contributed by atoms with Gasteiger partial charge in [-0.1, -0.05) is 24.6 Å². The second-order valence-corrected chi connectivity index (χ2v) is 5.12. The molecule has 5 nitrogen and oxygen atoms in total. The van der Waals surface area contributed by atoms with Gasteiger partial charge in [-0.3, -0.25) is 9.59 Å². The Kier molecular flexibility index (Phi) is 6.88. The summed E-state index contributed by atoms with van der Waals surface area (Å²) in [6.07, 6.45) is 0.478. The Hall–Kier alpha value is -1.88. The third kappa shape index (κ3) is 5.19. The number of esters is 1. The van der Waals surface area contributed by atoms with Crippen LogP contribution in [0.4, 0.5) is 0 Å². The van der Waals surface area contributed by atoms with Crippen molar-refractivity contribution in [3.05, 3.63) is 35.4 Å². The van der Waals surface area contributed by atoms with Gasteiger partial charge in [-0.15, -0.1) is 0 Å². The molecule has 0 fully saturated rings. The summed E-state index contributed by atoms with van der Waals surface area (Å²) < 4.78 is 4.69. The molecule has 0 radical (unpaired) electrons. The molecule has 0 aliphatic rings. The number of amides is 1. The molecule has 0 aliphatic carbocycles. The molecule has 5 heteroatoms. The van der Waals surface area contributed by atoms with Crippen LogP contribution in [-0.4, -0.2) is 48.7 Å². The average Bonchev–Trinajstić information content (AvgIpc) is 2.50. The van der Waals surface area contributed by atoms with Crippen LogP contribution in [0.25, 0.3) is 0 Å². The van der Waals surface area contributed by atoms with Crippen molar-refractivity contribution in [3.8, 4) is 0 Å². The number of ether oxygens (including phenoxy) is 1. The minimum Gasteiger partial charge on any atom is -0.469 e. The predicted molar refractivity (Wildman–Crippen MR) is 80.0 cm³/mol. The third-order valence-corrected chi connectivity index (χ3v) is 3.27. The minimum atomic E-state index is -0.400. The van der Waals surface area contributed by atoms with Gasteiger partial charge in [0.25, 0.3) is 5.91 Å². The van der Waals surface area contributed by atoms with Crippen LogP contribution >= 0.6 is 0 Å². The van der Waals surface area contributed by atoms with Gasteiger partial charge >= 0.3 is 5.97 Å². The summed E-state index contributed by atoms with van der Waals surface area (Å²) in [5.74, 6) is -0.886. The van der Waals surface area contributed by atoms with Crippen LogP contribution in [0.15, 0.2) is 24.3 Å². The van der Waals surface area contributed by atoms with Crippen molar-refractivity contribution in [1.29, 1.82) is 0 Å². The molecule has 1 aromatic rings. The summed E-state index contributed by atoms with van der Waals surface area (Å²) in [4.78, 5) is 25.6. The summed E-state index contributed by atoms with van der Waals surface area (Å²) in [5.41, 5.74) is 1.66. The Morgan fingerprint density at radius 1 is 1.29 bits per heavy atom. The number of rotatable bonds is 7. The highest BCUT2D eigenvalue weighted by atomic mass is 16.5. The van der Waals surface area contributed by atoms with Crippen LogP contribution < -0.4 is 0 Å². The van der Waals surface area contributed by atoms with Crippen molar-refractivity contribution >= 4 is 11.9 Å². The van der Waals surface area contributed by atoms with Gasteiger partial charge in [-0.05, 0) is 25.5 Å². The number of nitrogens with zero attached hydrogens (tertiary/aromatic N) is 1. The van der Waals surface area contributed by atoms with Gasteiger partial charge in [0.2, 0.25) is 0 Å². The highest BCUT2D eigenvalue weighted by Crippen LogP contribution is 2.11. The maximum absolute atomic E-state index is 12.5. The first-order valence-corrected chi connectivity index (χ1v) is 7.04. The van der Waals surface area contributed by atoms with Crippen LogP contribution in [0.3, 0.4) is 0 Å². The van der Waals surface area contributed by atoms with E-state index in [2.05, 4.69) is 0 Å². The summed E-state index contributed by atoms with van der Waals surface area (Å²) >= 11 is 0. The molecule has 1 aromatic carbocycles. The van der Waals surface area contributed by atoms with E-state index in [1.165, 1.54) is 7.11 Å². The maximum atomic E-state index is 12.5. The topological polar surface area (TPSA) is 66.8 Å². The van der Waals surface area contributed by atoms with Crippen LogP contribution in [0.5, 0.6) is 0 Å². The minimum absolute atomic E-state index is 0.00425.